The van der Waals surface area contributed by atoms with Gasteiger partial charge in [-0.25, -0.2) is 13.9 Å². The molecule has 1 aliphatic heterocycles. The molecule has 202 valence electrons. The molecule has 9 nitrogen and oxygen atoms in total. The van der Waals surface area contributed by atoms with Crippen LogP contribution in [0.2, 0.25) is 0 Å². The predicted octanol–water partition coefficient (Wildman–Crippen LogP) is 4.89. The predicted molar refractivity (Wildman–Crippen MR) is 131 cm³/mol. The molecule has 0 radical (unpaired) electrons. The van der Waals surface area contributed by atoms with Crippen LogP contribution in [0.3, 0.4) is 0 Å². The van der Waals surface area contributed by atoms with Crippen molar-refractivity contribution in [3.05, 3.63) is 82.6 Å². The van der Waals surface area contributed by atoms with Gasteiger partial charge in [0.15, 0.2) is 0 Å². The van der Waals surface area contributed by atoms with Crippen molar-refractivity contribution < 1.29 is 36.7 Å². The number of hydrogen-bond acceptors (Lipinski definition) is 7. The quantitative estimate of drug-likeness (QED) is 0.179. The molecule has 4 aromatic rings. The molecule has 5 rings (SSSR count). The van der Waals surface area contributed by atoms with E-state index in [1.165, 1.54) is 41.1 Å². The Bertz CT molecular complexity index is 1600. The van der Waals surface area contributed by atoms with Crippen LogP contribution in [0.5, 0.6) is 5.75 Å². The van der Waals surface area contributed by atoms with Crippen LogP contribution in [0.4, 0.5) is 17.6 Å². The topological polar surface area (TPSA) is 92.8 Å². The standard InChI is InChI=1S/C26H21F4N5O4/c1-15-20(25(36)39-32-15)10-22-21-9-17(27)5-8-23(21)34(2)24(22)14-37-13-18-12-35(33-31-18)11-16-3-6-19(7-4-16)38-26(28,29)30/h3-10,12H,11,13-14H2,1-2H3/b20-10+. The van der Waals surface area contributed by atoms with Crippen molar-refractivity contribution in [1.29, 1.82) is 0 Å². The highest BCUT2D eigenvalue weighted by molar-refractivity contribution is 6.24. The first-order valence-corrected chi connectivity index (χ1v) is 11.6. The van der Waals surface area contributed by atoms with E-state index in [2.05, 4.69) is 20.2 Å². The van der Waals surface area contributed by atoms with Crippen LogP contribution in [-0.2, 0) is 41.2 Å². The fraction of sp³-hybridized carbons (Fsp3) is 0.231. The molecule has 0 amide bonds. The van der Waals surface area contributed by atoms with E-state index in [9.17, 15) is 22.4 Å². The first-order valence-electron chi connectivity index (χ1n) is 11.6. The second kappa shape index (κ2) is 10.3. The van der Waals surface area contributed by atoms with Gasteiger partial charge in [0.1, 0.15) is 17.3 Å². The number of halogens is 4. The third-order valence-corrected chi connectivity index (χ3v) is 6.07. The zero-order valence-electron chi connectivity index (χ0n) is 20.7. The highest BCUT2D eigenvalue weighted by atomic mass is 19.4. The molecule has 39 heavy (non-hydrogen) atoms. The number of hydrogen-bond donors (Lipinski definition) is 0. The fourth-order valence-electron chi connectivity index (χ4n) is 4.22. The van der Waals surface area contributed by atoms with Gasteiger partial charge in [0.2, 0.25) is 0 Å². The number of carbonyl (C=O) groups excluding carboxylic acids is 1. The third kappa shape index (κ3) is 5.82. The lowest BCUT2D eigenvalue weighted by Crippen LogP contribution is -2.17. The summed E-state index contributed by atoms with van der Waals surface area (Å²) in [6.07, 6.45) is -1.47. The lowest BCUT2D eigenvalue weighted by atomic mass is 10.0. The Hall–Kier alpha value is -4.52. The monoisotopic (exact) mass is 543 g/mol. The molecule has 2 aromatic carbocycles. The maximum absolute atomic E-state index is 14.1. The second-order valence-corrected chi connectivity index (χ2v) is 8.79. The number of aryl methyl sites for hydroxylation is 1. The molecule has 1 aliphatic rings. The summed E-state index contributed by atoms with van der Waals surface area (Å²) in [5.41, 5.74) is 3.97. The van der Waals surface area contributed by atoms with E-state index in [-0.39, 0.29) is 31.1 Å². The Labute approximate surface area is 218 Å². The second-order valence-electron chi connectivity index (χ2n) is 8.79. The van der Waals surface area contributed by atoms with Crippen molar-refractivity contribution >= 4 is 28.7 Å². The maximum atomic E-state index is 14.1. The number of alkyl halides is 3. The highest BCUT2D eigenvalue weighted by Gasteiger charge is 2.31. The summed E-state index contributed by atoms with van der Waals surface area (Å²) in [6.45, 7) is 2.15. The number of ether oxygens (including phenoxy) is 2. The van der Waals surface area contributed by atoms with Crippen LogP contribution in [0.25, 0.3) is 17.0 Å². The first-order chi connectivity index (χ1) is 18.6. The zero-order valence-corrected chi connectivity index (χ0v) is 20.7. The number of aromatic nitrogens is 4. The smallest absolute Gasteiger partial charge is 0.406 e. The van der Waals surface area contributed by atoms with E-state index in [0.29, 0.717) is 33.6 Å². The molecule has 0 aliphatic carbocycles. The Morgan fingerprint density at radius 1 is 1.10 bits per heavy atom. The molecule has 3 heterocycles. The van der Waals surface area contributed by atoms with Crippen molar-refractivity contribution in [2.75, 3.05) is 0 Å². The van der Waals surface area contributed by atoms with Gasteiger partial charge in [-0.3, -0.25) is 0 Å². The Morgan fingerprint density at radius 2 is 1.87 bits per heavy atom. The van der Waals surface area contributed by atoms with Crippen LogP contribution < -0.4 is 4.74 Å². The van der Waals surface area contributed by atoms with Crippen molar-refractivity contribution in [2.24, 2.45) is 12.2 Å². The number of carbonyl (C=O) groups is 1. The summed E-state index contributed by atoms with van der Waals surface area (Å²) in [6, 6.07) is 9.86. The number of nitrogens with zero attached hydrogens (tertiary/aromatic N) is 5. The van der Waals surface area contributed by atoms with E-state index in [4.69, 9.17) is 9.57 Å². The van der Waals surface area contributed by atoms with E-state index in [1.54, 1.807) is 25.3 Å². The summed E-state index contributed by atoms with van der Waals surface area (Å²) in [7, 11) is 1.82. The van der Waals surface area contributed by atoms with Gasteiger partial charge in [-0.1, -0.05) is 22.5 Å². The first kappa shape index (κ1) is 26.1. The summed E-state index contributed by atoms with van der Waals surface area (Å²) in [5, 5.41) is 12.4. The number of rotatable bonds is 8. The van der Waals surface area contributed by atoms with Crippen LogP contribution in [0.15, 0.2) is 59.4 Å². The fourth-order valence-corrected chi connectivity index (χ4v) is 4.22. The Morgan fingerprint density at radius 3 is 2.56 bits per heavy atom. The normalized spacial score (nSPS) is 14.8. The summed E-state index contributed by atoms with van der Waals surface area (Å²) in [5.74, 6) is -1.32. The van der Waals surface area contributed by atoms with Gasteiger partial charge in [-0.2, -0.15) is 0 Å². The average molecular weight is 543 g/mol. The van der Waals surface area contributed by atoms with Gasteiger partial charge in [0.25, 0.3) is 0 Å². The average Bonchev–Trinajstić information content (AvgIpc) is 3.53. The van der Waals surface area contributed by atoms with Gasteiger partial charge in [0, 0.05) is 23.5 Å². The minimum absolute atomic E-state index is 0.104. The summed E-state index contributed by atoms with van der Waals surface area (Å²) < 4.78 is 64.3. The van der Waals surface area contributed by atoms with E-state index in [0.717, 1.165) is 5.52 Å². The van der Waals surface area contributed by atoms with Crippen LogP contribution in [0.1, 0.15) is 29.4 Å². The number of oxime groups is 1. The molecular weight excluding hydrogens is 522 g/mol. The molecular formula is C26H21F4N5O4. The van der Waals surface area contributed by atoms with Gasteiger partial charge >= 0.3 is 12.3 Å². The van der Waals surface area contributed by atoms with Crippen molar-refractivity contribution in [1.82, 2.24) is 19.6 Å². The highest BCUT2D eigenvalue weighted by Crippen LogP contribution is 2.30. The molecule has 13 heteroatoms. The molecule has 0 spiro atoms. The maximum Gasteiger partial charge on any atom is 0.573 e. The SMILES string of the molecule is CC1=NOC(=O)/C1=C/c1c(COCc2cn(Cc3ccc(OC(F)(F)F)cc3)nn2)n(C)c2ccc(F)cc12. The summed E-state index contributed by atoms with van der Waals surface area (Å²) in [4.78, 5) is 16.9. The third-order valence-electron chi connectivity index (χ3n) is 6.07. The minimum Gasteiger partial charge on any atom is -0.406 e. The lowest BCUT2D eigenvalue weighted by molar-refractivity contribution is -0.274. The number of fused-ring (bicyclic) bond motifs is 1. The van der Waals surface area contributed by atoms with E-state index in [1.807, 2.05) is 11.6 Å². The summed E-state index contributed by atoms with van der Waals surface area (Å²) >= 11 is 0. The van der Waals surface area contributed by atoms with Crippen LogP contribution in [-0.4, -0.2) is 37.6 Å². The number of benzene rings is 2. The zero-order chi connectivity index (χ0) is 27.7. The Balaban J connectivity index is 1.29. The molecule has 0 N–H and O–H groups in total. The van der Waals surface area contributed by atoms with Crippen molar-refractivity contribution in [3.8, 4) is 5.75 Å². The largest absolute Gasteiger partial charge is 0.573 e. The lowest BCUT2D eigenvalue weighted by Gasteiger charge is -2.09. The van der Waals surface area contributed by atoms with E-state index >= 15 is 0 Å². The molecule has 0 saturated carbocycles. The van der Waals surface area contributed by atoms with Gasteiger partial charge in [-0.15, -0.1) is 18.3 Å². The molecule has 0 atom stereocenters. The van der Waals surface area contributed by atoms with Gasteiger partial charge in [-0.05, 0) is 48.9 Å². The molecule has 2 aromatic heterocycles. The van der Waals surface area contributed by atoms with E-state index < -0.39 is 18.1 Å². The van der Waals surface area contributed by atoms with Crippen molar-refractivity contribution in [2.45, 2.75) is 33.0 Å². The molecule has 0 unspecified atom stereocenters. The molecule has 0 bridgehead atoms. The van der Waals surface area contributed by atoms with Gasteiger partial charge < -0.3 is 18.9 Å². The molecule has 0 saturated heterocycles. The van der Waals surface area contributed by atoms with Crippen LogP contribution >= 0.6 is 0 Å². The Kier molecular flexibility index (Phi) is 6.91. The van der Waals surface area contributed by atoms with Crippen molar-refractivity contribution in [3.63, 3.8) is 0 Å². The van der Waals surface area contributed by atoms with Crippen LogP contribution in [0, 0.1) is 5.82 Å². The molecule has 0 fully saturated rings. The minimum atomic E-state index is -4.75. The van der Waals surface area contributed by atoms with Gasteiger partial charge in [0.05, 0.1) is 42.9 Å².